The van der Waals surface area contributed by atoms with E-state index in [9.17, 15) is 9.59 Å². The van der Waals surface area contributed by atoms with Gasteiger partial charge in [0, 0.05) is 12.1 Å². The van der Waals surface area contributed by atoms with Gasteiger partial charge in [-0.2, -0.15) is 0 Å². The molecule has 5 nitrogen and oxygen atoms in total. The Labute approximate surface area is 140 Å². The lowest BCUT2D eigenvalue weighted by molar-refractivity contribution is 0.0993. The second kappa shape index (κ2) is 7.17. The molecule has 0 aliphatic heterocycles. The molecule has 23 heavy (non-hydrogen) atoms. The van der Waals surface area contributed by atoms with Crippen molar-refractivity contribution < 1.29 is 4.79 Å². The molecule has 0 bridgehead atoms. The van der Waals surface area contributed by atoms with Crippen LogP contribution in [0.25, 0.3) is 0 Å². The van der Waals surface area contributed by atoms with Gasteiger partial charge in [-0.1, -0.05) is 24.8 Å². The molecule has 1 atom stereocenters. The van der Waals surface area contributed by atoms with Gasteiger partial charge < -0.3 is 0 Å². The molecule has 6 heteroatoms. The second-order valence-electron chi connectivity index (χ2n) is 5.84. The fourth-order valence-electron chi connectivity index (χ4n) is 2.47. The first-order valence-electron chi connectivity index (χ1n) is 7.79. The molecule has 0 saturated heterocycles. The molecule has 0 aliphatic carbocycles. The lowest BCUT2D eigenvalue weighted by atomic mass is 9.97. The van der Waals surface area contributed by atoms with Gasteiger partial charge in [-0.15, -0.1) is 5.10 Å². The largest absolute Gasteiger partial charge is 0.343 e. The molecule has 124 valence electrons. The summed E-state index contributed by atoms with van der Waals surface area (Å²) in [5.74, 6) is 0.0640. The number of hydrogen-bond donors (Lipinski definition) is 1. The second-order valence-corrected chi connectivity index (χ2v) is 7.15. The third-order valence-corrected chi connectivity index (χ3v) is 5.02. The maximum atomic E-state index is 12.8. The van der Waals surface area contributed by atoms with Gasteiger partial charge in [0.05, 0.1) is 5.25 Å². The molecule has 2 aromatic rings. The van der Waals surface area contributed by atoms with Crippen molar-refractivity contribution in [2.45, 2.75) is 58.0 Å². The summed E-state index contributed by atoms with van der Waals surface area (Å²) in [4.78, 5) is 24.5. The van der Waals surface area contributed by atoms with Crippen LogP contribution in [0.3, 0.4) is 0 Å². The van der Waals surface area contributed by atoms with E-state index in [1.807, 2.05) is 46.8 Å². The van der Waals surface area contributed by atoms with Crippen LogP contribution in [-0.4, -0.2) is 25.8 Å². The van der Waals surface area contributed by atoms with Gasteiger partial charge in [-0.05, 0) is 56.9 Å². The van der Waals surface area contributed by atoms with E-state index < -0.39 is 0 Å². The number of nitrogens with zero attached hydrogens (tertiary/aromatic N) is 2. The van der Waals surface area contributed by atoms with Crippen LogP contribution in [0.2, 0.25) is 0 Å². The van der Waals surface area contributed by atoms with Crippen molar-refractivity contribution in [2.75, 3.05) is 0 Å². The van der Waals surface area contributed by atoms with Crippen molar-refractivity contribution in [3.63, 3.8) is 0 Å². The number of Topliss-reactive ketones (excluding diaryl/α,β-unsaturated/α-hetero) is 1. The van der Waals surface area contributed by atoms with Crippen LogP contribution < -0.4 is 5.69 Å². The fourth-order valence-corrected chi connectivity index (χ4v) is 3.42. The molecule has 1 aromatic carbocycles. The van der Waals surface area contributed by atoms with E-state index >= 15 is 0 Å². The van der Waals surface area contributed by atoms with Crippen molar-refractivity contribution in [2.24, 2.45) is 0 Å². The van der Waals surface area contributed by atoms with Crippen LogP contribution >= 0.6 is 11.8 Å². The zero-order chi connectivity index (χ0) is 17.1. The number of ketones is 1. The Morgan fingerprint density at radius 2 is 1.91 bits per heavy atom. The zero-order valence-corrected chi connectivity index (χ0v) is 15.1. The van der Waals surface area contributed by atoms with Gasteiger partial charge in [0.2, 0.25) is 0 Å². The monoisotopic (exact) mass is 333 g/mol. The van der Waals surface area contributed by atoms with E-state index in [0.29, 0.717) is 11.7 Å². The van der Waals surface area contributed by atoms with Crippen molar-refractivity contribution in [1.29, 1.82) is 0 Å². The number of H-pyrrole nitrogens is 1. The molecule has 0 aliphatic rings. The van der Waals surface area contributed by atoms with Gasteiger partial charge in [0.25, 0.3) is 0 Å². The third-order valence-electron chi connectivity index (χ3n) is 3.93. The Morgan fingerprint density at radius 3 is 2.57 bits per heavy atom. The van der Waals surface area contributed by atoms with Crippen LogP contribution in [0, 0.1) is 20.8 Å². The highest BCUT2D eigenvalue weighted by Gasteiger charge is 2.21. The molecule has 0 saturated carbocycles. The first kappa shape index (κ1) is 17.5. The fraction of sp³-hybridized carbons (Fsp3) is 0.471. The quantitative estimate of drug-likeness (QED) is 0.651. The molecule has 2 rings (SSSR count). The van der Waals surface area contributed by atoms with E-state index in [1.54, 1.807) is 4.57 Å². The van der Waals surface area contributed by atoms with Gasteiger partial charge in [-0.3, -0.25) is 9.36 Å². The number of hydrogen-bond acceptors (Lipinski definition) is 4. The van der Waals surface area contributed by atoms with E-state index in [-0.39, 0.29) is 16.7 Å². The van der Waals surface area contributed by atoms with Crippen LogP contribution in [0.1, 0.15) is 47.3 Å². The van der Waals surface area contributed by atoms with E-state index in [0.717, 1.165) is 23.1 Å². The molecule has 0 spiro atoms. The van der Waals surface area contributed by atoms with Gasteiger partial charge in [0.15, 0.2) is 10.9 Å². The average Bonchev–Trinajstić information content (AvgIpc) is 2.83. The number of aromatic amines is 1. The zero-order valence-electron chi connectivity index (χ0n) is 14.3. The van der Waals surface area contributed by atoms with Crippen molar-refractivity contribution in [3.05, 3.63) is 44.9 Å². The minimum absolute atomic E-state index is 0.0640. The summed E-state index contributed by atoms with van der Waals surface area (Å²) in [5, 5.41) is 6.76. The summed E-state index contributed by atoms with van der Waals surface area (Å²) in [6.07, 6.45) is 0.839. The Morgan fingerprint density at radius 1 is 1.26 bits per heavy atom. The van der Waals surface area contributed by atoms with E-state index in [1.165, 1.54) is 17.3 Å². The predicted octanol–water partition coefficient (Wildman–Crippen LogP) is 3.27. The Hall–Kier alpha value is -1.82. The number of rotatable bonds is 6. The summed E-state index contributed by atoms with van der Waals surface area (Å²) in [6.45, 7) is 10.5. The first-order chi connectivity index (χ1) is 10.8. The smallest absolute Gasteiger partial charge is 0.293 e. The Balaban J connectivity index is 2.24. The molecule has 1 N–H and O–H groups in total. The maximum absolute atomic E-state index is 12.8. The van der Waals surface area contributed by atoms with Crippen molar-refractivity contribution >= 4 is 17.5 Å². The van der Waals surface area contributed by atoms with Crippen LogP contribution in [0.5, 0.6) is 0 Å². The highest BCUT2D eigenvalue weighted by molar-refractivity contribution is 8.00. The summed E-state index contributed by atoms with van der Waals surface area (Å²) in [6, 6.07) is 4.00. The number of carbonyl (C=O) groups is 1. The van der Waals surface area contributed by atoms with Gasteiger partial charge >= 0.3 is 5.69 Å². The lowest BCUT2D eigenvalue weighted by Crippen LogP contribution is -2.20. The lowest BCUT2D eigenvalue weighted by Gasteiger charge is -2.14. The summed E-state index contributed by atoms with van der Waals surface area (Å²) >= 11 is 1.32. The van der Waals surface area contributed by atoms with E-state index in [4.69, 9.17) is 0 Å². The molecule has 0 amide bonds. The highest BCUT2D eigenvalue weighted by atomic mass is 32.2. The number of thioether (sulfide) groups is 1. The third kappa shape index (κ3) is 3.75. The standard InChI is InChI=1S/C17H23N3O2S/c1-6-7-20-16(22)18-19-17(20)23-13(5)15(21)14-9-11(3)10(2)8-12(14)4/h8-9,13H,6-7H2,1-5H3,(H,18,22)/t13-/m0/s1. The molecule has 0 radical (unpaired) electrons. The maximum Gasteiger partial charge on any atom is 0.343 e. The number of nitrogens with one attached hydrogen (secondary N) is 1. The van der Waals surface area contributed by atoms with Crippen molar-refractivity contribution in [3.8, 4) is 0 Å². The van der Waals surface area contributed by atoms with Crippen LogP contribution in [0.4, 0.5) is 0 Å². The molecule has 1 aromatic heterocycles. The first-order valence-corrected chi connectivity index (χ1v) is 8.67. The molecule has 1 heterocycles. The molecular formula is C17H23N3O2S. The van der Waals surface area contributed by atoms with Crippen molar-refractivity contribution in [1.82, 2.24) is 14.8 Å². The molecular weight excluding hydrogens is 310 g/mol. The number of aryl methyl sites for hydroxylation is 3. The Kier molecular flexibility index (Phi) is 5.46. The normalized spacial score (nSPS) is 12.4. The highest BCUT2D eigenvalue weighted by Crippen LogP contribution is 2.25. The summed E-state index contributed by atoms with van der Waals surface area (Å²) < 4.78 is 1.59. The molecule has 0 unspecified atom stereocenters. The SMILES string of the molecule is CCCn1c(S[C@@H](C)C(=O)c2cc(C)c(C)cc2C)n[nH]c1=O. The minimum Gasteiger partial charge on any atom is -0.293 e. The minimum atomic E-state index is -0.304. The van der Waals surface area contributed by atoms with Crippen LogP contribution in [-0.2, 0) is 6.54 Å². The van der Waals surface area contributed by atoms with Crippen LogP contribution in [0.15, 0.2) is 22.1 Å². The number of aromatic nitrogens is 3. The predicted molar refractivity (Wildman–Crippen MR) is 93.4 cm³/mol. The number of benzene rings is 1. The average molecular weight is 333 g/mol. The van der Waals surface area contributed by atoms with E-state index in [2.05, 4.69) is 10.2 Å². The Bertz CT molecular complexity index is 777. The summed E-state index contributed by atoms with van der Waals surface area (Å²) in [5.41, 5.74) is 3.80. The topological polar surface area (TPSA) is 67.8 Å². The summed E-state index contributed by atoms with van der Waals surface area (Å²) in [7, 11) is 0. The molecule has 0 fully saturated rings. The van der Waals surface area contributed by atoms with Gasteiger partial charge in [-0.25, -0.2) is 9.89 Å². The van der Waals surface area contributed by atoms with Gasteiger partial charge in [0.1, 0.15) is 0 Å². The number of carbonyl (C=O) groups excluding carboxylic acids is 1.